The van der Waals surface area contributed by atoms with Gasteiger partial charge in [-0.15, -0.1) is 0 Å². The van der Waals surface area contributed by atoms with Crippen LogP contribution >= 0.6 is 31.9 Å². The van der Waals surface area contributed by atoms with Gasteiger partial charge in [0.15, 0.2) is 0 Å². The molecule has 6 nitrogen and oxygen atoms in total. The van der Waals surface area contributed by atoms with Gasteiger partial charge in [0.2, 0.25) is 0 Å². The summed E-state index contributed by atoms with van der Waals surface area (Å²) >= 11 is 6.61. The number of hydrogen-bond donors (Lipinski definition) is 0. The zero-order valence-electron chi connectivity index (χ0n) is 14.1. The van der Waals surface area contributed by atoms with Crippen molar-refractivity contribution >= 4 is 43.8 Å². The molecule has 0 radical (unpaired) electrons. The van der Waals surface area contributed by atoms with Crippen LogP contribution in [0.5, 0.6) is 11.5 Å². The van der Waals surface area contributed by atoms with Gasteiger partial charge < -0.3 is 18.9 Å². The molecule has 2 aromatic rings. The minimum atomic E-state index is -0.517. The van der Waals surface area contributed by atoms with Gasteiger partial charge in [0.1, 0.15) is 24.7 Å². The molecule has 0 spiro atoms. The van der Waals surface area contributed by atoms with Gasteiger partial charge in [0, 0.05) is 0 Å². The van der Waals surface area contributed by atoms with Crippen LogP contribution in [-0.4, -0.2) is 39.4 Å². The Hall–Kier alpha value is -2.06. The van der Waals surface area contributed by atoms with Crippen molar-refractivity contribution in [3.63, 3.8) is 0 Å². The third kappa shape index (κ3) is 5.22. The zero-order valence-corrected chi connectivity index (χ0v) is 17.3. The van der Waals surface area contributed by atoms with Crippen LogP contribution in [0.1, 0.15) is 20.7 Å². The largest absolute Gasteiger partial charge is 0.496 e. The summed E-state index contributed by atoms with van der Waals surface area (Å²) in [6.45, 7) is -0.100. The Morgan fingerprint density at radius 2 is 1.15 bits per heavy atom. The molecule has 0 aliphatic rings. The lowest BCUT2D eigenvalue weighted by Gasteiger charge is -2.09. The van der Waals surface area contributed by atoms with Crippen LogP contribution in [0, 0.1) is 0 Å². The lowest BCUT2D eigenvalue weighted by Crippen LogP contribution is -2.14. The molecule has 0 heterocycles. The monoisotopic (exact) mass is 486 g/mol. The first-order valence-electron chi connectivity index (χ1n) is 7.47. The second-order valence-electron chi connectivity index (χ2n) is 4.97. The predicted octanol–water partition coefficient (Wildman–Crippen LogP) is 4.24. The Balaban J connectivity index is 1.82. The van der Waals surface area contributed by atoms with Crippen LogP contribution in [0.25, 0.3) is 0 Å². The number of methoxy groups -OCH3 is 2. The van der Waals surface area contributed by atoms with E-state index in [0.717, 1.165) is 0 Å². The van der Waals surface area contributed by atoms with Crippen LogP contribution in [0.4, 0.5) is 0 Å². The third-order valence-electron chi connectivity index (χ3n) is 3.32. The molecular weight excluding hydrogens is 472 g/mol. The fourth-order valence-corrected chi connectivity index (χ4v) is 3.10. The number of hydrogen-bond acceptors (Lipinski definition) is 6. The van der Waals surface area contributed by atoms with Crippen LogP contribution in [0.2, 0.25) is 0 Å². The predicted molar refractivity (Wildman–Crippen MR) is 102 cm³/mol. The molecule has 0 aromatic heterocycles. The second kappa shape index (κ2) is 9.59. The number of rotatable bonds is 7. The maximum atomic E-state index is 12.0. The fourth-order valence-electron chi connectivity index (χ4n) is 2.02. The summed E-state index contributed by atoms with van der Waals surface area (Å²) in [7, 11) is 3.07. The van der Waals surface area contributed by atoms with E-state index in [4.69, 9.17) is 18.9 Å². The molecule has 0 fully saturated rings. The van der Waals surface area contributed by atoms with E-state index in [0.29, 0.717) is 31.6 Å². The number of ether oxygens (including phenoxy) is 4. The van der Waals surface area contributed by atoms with Crippen molar-refractivity contribution < 1.29 is 28.5 Å². The average Bonchev–Trinajstić information content (AvgIpc) is 2.64. The molecule has 0 saturated carbocycles. The Labute approximate surface area is 167 Å². The lowest BCUT2D eigenvalue weighted by atomic mass is 10.2. The van der Waals surface area contributed by atoms with Crippen molar-refractivity contribution in [1.82, 2.24) is 0 Å². The van der Waals surface area contributed by atoms with Crippen molar-refractivity contribution in [2.24, 2.45) is 0 Å². The van der Waals surface area contributed by atoms with E-state index < -0.39 is 11.9 Å². The fraction of sp³-hybridized carbons (Fsp3) is 0.222. The Bertz CT molecular complexity index is 739. The SMILES string of the molecule is COc1ccc(C(=O)OCCOC(=O)c2ccc(OC)c(Br)c2)cc1Br. The number of benzene rings is 2. The van der Waals surface area contributed by atoms with Gasteiger partial charge in [0.05, 0.1) is 34.3 Å². The third-order valence-corrected chi connectivity index (χ3v) is 4.56. The minimum absolute atomic E-state index is 0.0501. The van der Waals surface area contributed by atoms with Gasteiger partial charge in [-0.05, 0) is 68.3 Å². The van der Waals surface area contributed by atoms with Gasteiger partial charge >= 0.3 is 11.9 Å². The highest BCUT2D eigenvalue weighted by Crippen LogP contribution is 2.26. The minimum Gasteiger partial charge on any atom is -0.496 e. The van der Waals surface area contributed by atoms with Crippen molar-refractivity contribution in [3.8, 4) is 11.5 Å². The highest BCUT2D eigenvalue weighted by atomic mass is 79.9. The van der Waals surface area contributed by atoms with Gasteiger partial charge in [-0.25, -0.2) is 9.59 Å². The molecule has 0 bridgehead atoms. The first kappa shape index (κ1) is 20.3. The molecule has 0 atom stereocenters. The Kier molecular flexibility index (Phi) is 7.47. The lowest BCUT2D eigenvalue weighted by molar-refractivity contribution is 0.0265. The van der Waals surface area contributed by atoms with Crippen LogP contribution < -0.4 is 9.47 Å². The van der Waals surface area contributed by atoms with Gasteiger partial charge in [-0.2, -0.15) is 0 Å². The smallest absolute Gasteiger partial charge is 0.338 e. The van der Waals surface area contributed by atoms with Crippen LogP contribution in [0.15, 0.2) is 45.3 Å². The molecule has 0 aliphatic carbocycles. The zero-order chi connectivity index (χ0) is 19.1. The standard InChI is InChI=1S/C18H16Br2O6/c1-23-15-5-3-11(9-13(15)19)17(21)25-7-8-26-18(22)12-4-6-16(24-2)14(20)10-12/h3-6,9-10H,7-8H2,1-2H3. The highest BCUT2D eigenvalue weighted by molar-refractivity contribution is 9.10. The number of esters is 2. The number of carbonyl (C=O) groups is 2. The number of carbonyl (C=O) groups excluding carboxylic acids is 2. The van der Waals surface area contributed by atoms with E-state index in [9.17, 15) is 9.59 Å². The van der Waals surface area contributed by atoms with Crippen molar-refractivity contribution in [2.45, 2.75) is 0 Å². The van der Waals surface area contributed by atoms with Gasteiger partial charge in [0.25, 0.3) is 0 Å². The summed E-state index contributed by atoms with van der Waals surface area (Å²) in [6, 6.07) is 9.69. The Morgan fingerprint density at radius 3 is 1.46 bits per heavy atom. The quantitative estimate of drug-likeness (QED) is 0.429. The summed E-state index contributed by atoms with van der Waals surface area (Å²) in [4.78, 5) is 24.0. The molecular formula is C18H16Br2O6. The van der Waals surface area contributed by atoms with Crippen molar-refractivity contribution in [2.75, 3.05) is 27.4 Å². The van der Waals surface area contributed by atoms with E-state index >= 15 is 0 Å². The summed E-state index contributed by atoms with van der Waals surface area (Å²) in [6.07, 6.45) is 0. The van der Waals surface area contributed by atoms with E-state index in [2.05, 4.69) is 31.9 Å². The average molecular weight is 488 g/mol. The number of halogens is 2. The molecule has 0 N–H and O–H groups in total. The maximum absolute atomic E-state index is 12.0. The van der Waals surface area contributed by atoms with Crippen molar-refractivity contribution in [1.29, 1.82) is 0 Å². The second-order valence-corrected chi connectivity index (χ2v) is 6.68. The summed E-state index contributed by atoms with van der Waals surface area (Å²) in [5.41, 5.74) is 0.728. The first-order chi connectivity index (χ1) is 12.5. The van der Waals surface area contributed by atoms with E-state index in [1.165, 1.54) is 14.2 Å². The molecule has 0 aliphatic heterocycles. The molecule has 2 aromatic carbocycles. The Morgan fingerprint density at radius 1 is 0.769 bits per heavy atom. The van der Waals surface area contributed by atoms with Gasteiger partial charge in [-0.1, -0.05) is 0 Å². The highest BCUT2D eigenvalue weighted by Gasteiger charge is 2.12. The summed E-state index contributed by atoms with van der Waals surface area (Å²) in [5.74, 6) is 0.190. The molecule has 2 rings (SSSR count). The van der Waals surface area contributed by atoms with Crippen LogP contribution in [-0.2, 0) is 9.47 Å². The molecule has 8 heteroatoms. The van der Waals surface area contributed by atoms with Crippen molar-refractivity contribution in [3.05, 3.63) is 56.5 Å². The normalized spacial score (nSPS) is 10.2. The topological polar surface area (TPSA) is 71.1 Å². The van der Waals surface area contributed by atoms with E-state index in [1.54, 1.807) is 36.4 Å². The molecule has 0 amide bonds. The molecule has 0 saturated heterocycles. The summed E-state index contributed by atoms with van der Waals surface area (Å²) < 4.78 is 21.7. The molecule has 26 heavy (non-hydrogen) atoms. The first-order valence-corrected chi connectivity index (χ1v) is 9.06. The van der Waals surface area contributed by atoms with Gasteiger partial charge in [-0.3, -0.25) is 0 Å². The maximum Gasteiger partial charge on any atom is 0.338 e. The molecule has 138 valence electrons. The summed E-state index contributed by atoms with van der Waals surface area (Å²) in [5, 5.41) is 0. The molecule has 0 unspecified atom stereocenters. The van der Waals surface area contributed by atoms with E-state index in [-0.39, 0.29) is 13.2 Å². The van der Waals surface area contributed by atoms with Crippen LogP contribution in [0.3, 0.4) is 0 Å². The van der Waals surface area contributed by atoms with E-state index in [1.807, 2.05) is 0 Å².